The van der Waals surface area contributed by atoms with Crippen LogP contribution in [0.5, 0.6) is 11.5 Å². The molecule has 0 saturated carbocycles. The Labute approximate surface area is 141 Å². The number of para-hydroxylation sites is 1. The number of hydrogen-bond acceptors (Lipinski definition) is 3. The van der Waals surface area contributed by atoms with E-state index in [1.807, 2.05) is 49.4 Å². The Balaban J connectivity index is 1.83. The molecular formula is C20H19NO3. The topological polar surface area (TPSA) is 38.8 Å². The Morgan fingerprint density at radius 1 is 1.25 bits per heavy atom. The van der Waals surface area contributed by atoms with Gasteiger partial charge in [0.25, 0.3) is 0 Å². The molecule has 24 heavy (non-hydrogen) atoms. The van der Waals surface area contributed by atoms with Crippen molar-refractivity contribution in [3.8, 4) is 11.5 Å². The van der Waals surface area contributed by atoms with Gasteiger partial charge in [-0.15, -0.1) is 0 Å². The summed E-state index contributed by atoms with van der Waals surface area (Å²) in [5.41, 5.74) is 2.80. The first kappa shape index (κ1) is 14.8. The number of ether oxygens (including phenoxy) is 2. The van der Waals surface area contributed by atoms with Crippen LogP contribution in [0.25, 0.3) is 5.57 Å². The summed E-state index contributed by atoms with van der Waals surface area (Å²) in [6, 6.07) is 13.5. The van der Waals surface area contributed by atoms with Gasteiger partial charge >= 0.3 is 0 Å². The Hall–Kier alpha value is -2.75. The summed E-state index contributed by atoms with van der Waals surface area (Å²) < 4.78 is 11.6. The Bertz CT molecular complexity index is 873. The van der Waals surface area contributed by atoms with E-state index in [1.54, 1.807) is 19.1 Å². The second-order valence-electron chi connectivity index (χ2n) is 6.44. The molecule has 0 fully saturated rings. The highest BCUT2D eigenvalue weighted by Gasteiger charge is 2.53. The fourth-order valence-corrected chi connectivity index (χ4v) is 3.77. The van der Waals surface area contributed by atoms with Gasteiger partial charge in [0.2, 0.25) is 5.91 Å². The fraction of sp³-hybridized carbons (Fsp3) is 0.250. The van der Waals surface area contributed by atoms with Crippen LogP contribution < -0.4 is 14.4 Å². The zero-order chi connectivity index (χ0) is 17.1. The summed E-state index contributed by atoms with van der Waals surface area (Å²) in [6.07, 6.45) is 0. The van der Waals surface area contributed by atoms with Gasteiger partial charge in [-0.05, 0) is 36.8 Å². The van der Waals surface area contributed by atoms with Gasteiger partial charge in [0.15, 0.2) is 0 Å². The highest BCUT2D eigenvalue weighted by molar-refractivity contribution is 6.07. The molecule has 2 heterocycles. The highest BCUT2D eigenvalue weighted by atomic mass is 16.5. The lowest BCUT2D eigenvalue weighted by Crippen LogP contribution is -2.42. The Kier molecular flexibility index (Phi) is 3.01. The molecule has 122 valence electrons. The fourth-order valence-electron chi connectivity index (χ4n) is 3.77. The van der Waals surface area contributed by atoms with Gasteiger partial charge in [0.1, 0.15) is 23.0 Å². The number of rotatable bonds is 2. The number of amides is 1. The molecule has 0 saturated heterocycles. The SMILES string of the molecule is C=C1c2cc(OC)ccc2O[C@]1(C)[C@H]1C(=O)N(C)c2ccccc21. The number of likely N-dealkylation sites (N-methyl/N-ethyl adjacent to an activating group) is 1. The van der Waals surface area contributed by atoms with Crippen molar-refractivity contribution in [1.82, 2.24) is 0 Å². The molecule has 0 radical (unpaired) electrons. The molecule has 1 amide bonds. The summed E-state index contributed by atoms with van der Waals surface area (Å²) in [5, 5.41) is 0. The predicted molar refractivity (Wildman–Crippen MR) is 93.7 cm³/mol. The molecule has 0 aliphatic carbocycles. The van der Waals surface area contributed by atoms with Crippen LogP contribution in [-0.4, -0.2) is 25.7 Å². The lowest BCUT2D eigenvalue weighted by Gasteiger charge is -2.31. The molecule has 2 atom stereocenters. The zero-order valence-corrected chi connectivity index (χ0v) is 14.0. The van der Waals surface area contributed by atoms with E-state index in [2.05, 4.69) is 6.58 Å². The first-order valence-electron chi connectivity index (χ1n) is 7.90. The third kappa shape index (κ3) is 1.77. The minimum Gasteiger partial charge on any atom is -0.497 e. The predicted octanol–water partition coefficient (Wildman–Crippen LogP) is 3.62. The van der Waals surface area contributed by atoms with Crippen molar-refractivity contribution in [2.75, 3.05) is 19.1 Å². The van der Waals surface area contributed by atoms with Crippen molar-refractivity contribution >= 4 is 17.2 Å². The van der Waals surface area contributed by atoms with Crippen molar-refractivity contribution in [3.63, 3.8) is 0 Å². The molecule has 2 aliphatic heterocycles. The van der Waals surface area contributed by atoms with E-state index < -0.39 is 11.5 Å². The van der Waals surface area contributed by atoms with Gasteiger partial charge in [-0.25, -0.2) is 0 Å². The second kappa shape index (κ2) is 4.87. The smallest absolute Gasteiger partial charge is 0.238 e. The number of fused-ring (bicyclic) bond motifs is 2. The van der Waals surface area contributed by atoms with E-state index in [-0.39, 0.29) is 5.91 Å². The van der Waals surface area contributed by atoms with Crippen LogP contribution in [0.2, 0.25) is 0 Å². The molecule has 0 bridgehead atoms. The molecule has 4 heteroatoms. The zero-order valence-electron chi connectivity index (χ0n) is 14.0. The van der Waals surface area contributed by atoms with Crippen LogP contribution in [0.15, 0.2) is 49.0 Å². The molecule has 0 spiro atoms. The monoisotopic (exact) mass is 321 g/mol. The van der Waals surface area contributed by atoms with Crippen LogP contribution in [-0.2, 0) is 4.79 Å². The number of benzene rings is 2. The minimum atomic E-state index is -0.813. The van der Waals surface area contributed by atoms with E-state index in [4.69, 9.17) is 9.47 Å². The Morgan fingerprint density at radius 2 is 2.00 bits per heavy atom. The van der Waals surface area contributed by atoms with Gasteiger partial charge in [0, 0.05) is 23.9 Å². The summed E-state index contributed by atoms with van der Waals surface area (Å²) >= 11 is 0. The van der Waals surface area contributed by atoms with Crippen LogP contribution >= 0.6 is 0 Å². The molecule has 2 aliphatic rings. The maximum absolute atomic E-state index is 13.0. The van der Waals surface area contributed by atoms with E-state index in [9.17, 15) is 4.79 Å². The molecule has 0 unspecified atom stereocenters. The third-order valence-corrected chi connectivity index (χ3v) is 5.17. The van der Waals surface area contributed by atoms with E-state index in [0.29, 0.717) is 0 Å². The largest absolute Gasteiger partial charge is 0.497 e. The quantitative estimate of drug-likeness (QED) is 0.848. The van der Waals surface area contributed by atoms with Crippen molar-refractivity contribution in [2.24, 2.45) is 0 Å². The van der Waals surface area contributed by atoms with Gasteiger partial charge < -0.3 is 14.4 Å². The molecule has 4 rings (SSSR count). The first-order chi connectivity index (χ1) is 11.5. The molecule has 4 nitrogen and oxygen atoms in total. The van der Waals surface area contributed by atoms with Crippen LogP contribution in [0.4, 0.5) is 5.69 Å². The van der Waals surface area contributed by atoms with Crippen molar-refractivity contribution in [3.05, 3.63) is 60.2 Å². The second-order valence-corrected chi connectivity index (χ2v) is 6.44. The van der Waals surface area contributed by atoms with Crippen molar-refractivity contribution in [1.29, 1.82) is 0 Å². The van der Waals surface area contributed by atoms with Crippen molar-refractivity contribution < 1.29 is 14.3 Å². The van der Waals surface area contributed by atoms with Gasteiger partial charge in [-0.3, -0.25) is 4.79 Å². The summed E-state index contributed by atoms with van der Waals surface area (Å²) in [7, 11) is 3.43. The maximum atomic E-state index is 13.0. The van der Waals surface area contributed by atoms with Crippen LogP contribution in [0, 0.1) is 0 Å². The molecule has 0 N–H and O–H groups in total. The lowest BCUT2D eigenvalue weighted by molar-refractivity contribution is -0.121. The molecule has 2 aromatic carbocycles. The Morgan fingerprint density at radius 3 is 2.75 bits per heavy atom. The van der Waals surface area contributed by atoms with Crippen LogP contribution in [0.3, 0.4) is 0 Å². The normalized spacial score (nSPS) is 24.6. The highest BCUT2D eigenvalue weighted by Crippen LogP contribution is 2.54. The number of carbonyl (C=O) groups excluding carboxylic acids is 1. The maximum Gasteiger partial charge on any atom is 0.238 e. The van der Waals surface area contributed by atoms with E-state index in [0.717, 1.165) is 33.9 Å². The minimum absolute atomic E-state index is 0.0274. The first-order valence-corrected chi connectivity index (χ1v) is 7.90. The molecule has 0 aromatic heterocycles. The number of anilines is 1. The van der Waals surface area contributed by atoms with E-state index >= 15 is 0 Å². The molecular weight excluding hydrogens is 302 g/mol. The average Bonchev–Trinajstić information content (AvgIpc) is 3.00. The van der Waals surface area contributed by atoms with Gasteiger partial charge in [0.05, 0.1) is 7.11 Å². The number of methoxy groups -OCH3 is 1. The summed E-state index contributed by atoms with van der Waals surface area (Å²) in [4.78, 5) is 14.7. The number of carbonyl (C=O) groups is 1. The number of hydrogen-bond donors (Lipinski definition) is 0. The summed E-state index contributed by atoms with van der Waals surface area (Å²) in [5.74, 6) is 1.10. The van der Waals surface area contributed by atoms with Crippen LogP contribution in [0.1, 0.15) is 24.0 Å². The van der Waals surface area contributed by atoms with Crippen molar-refractivity contribution in [2.45, 2.75) is 18.4 Å². The van der Waals surface area contributed by atoms with Gasteiger partial charge in [-0.2, -0.15) is 0 Å². The van der Waals surface area contributed by atoms with Gasteiger partial charge in [-0.1, -0.05) is 24.8 Å². The van der Waals surface area contributed by atoms with E-state index in [1.165, 1.54) is 0 Å². The lowest BCUT2D eigenvalue weighted by atomic mass is 9.78. The standard InChI is InChI=1S/C20H19NO3/c1-12-15-11-13(23-4)9-10-17(15)24-20(12,2)18-14-7-5-6-8-16(14)21(3)19(18)22/h5-11,18H,1H2,2-4H3/t18-,20+/m1/s1. The number of nitrogens with zero attached hydrogens (tertiary/aromatic N) is 1. The average molecular weight is 321 g/mol. The summed E-state index contributed by atoms with van der Waals surface area (Å²) in [6.45, 7) is 6.19. The molecule has 2 aromatic rings. The third-order valence-electron chi connectivity index (χ3n) is 5.17.